The van der Waals surface area contributed by atoms with Crippen molar-refractivity contribution in [3.8, 4) is 0 Å². The second-order valence-corrected chi connectivity index (χ2v) is 3.65. The Balaban J connectivity index is 3.20. The van der Waals surface area contributed by atoms with Gasteiger partial charge in [0.1, 0.15) is 18.0 Å². The summed E-state index contributed by atoms with van der Waals surface area (Å²) in [4.78, 5) is 10.3. The van der Waals surface area contributed by atoms with Crippen molar-refractivity contribution in [3.05, 3.63) is 34.1 Å². The first-order valence-electron chi connectivity index (χ1n) is 5.11. The summed E-state index contributed by atoms with van der Waals surface area (Å²) in [6.07, 6.45) is -4.63. The standard InChI is InChI=1S/C10H10F4N2O3/c11-7-1-2-8(16(18)19)9(5-7)15(3-4-17)6-10(12,13)14/h1-2,5,17H,3-4,6H2. The molecule has 0 unspecified atom stereocenters. The molecular weight excluding hydrogens is 272 g/mol. The van der Waals surface area contributed by atoms with Crippen LogP contribution < -0.4 is 4.90 Å². The lowest BCUT2D eigenvalue weighted by Crippen LogP contribution is -2.36. The predicted octanol–water partition coefficient (Wildman–Crippen LogP) is 2.09. The van der Waals surface area contributed by atoms with Crippen LogP contribution in [0.25, 0.3) is 0 Å². The average Bonchev–Trinajstić information content (AvgIpc) is 2.26. The van der Waals surface area contributed by atoms with Gasteiger partial charge in [-0.15, -0.1) is 0 Å². The van der Waals surface area contributed by atoms with Gasteiger partial charge in [-0.2, -0.15) is 13.2 Å². The molecule has 0 aromatic heterocycles. The maximum Gasteiger partial charge on any atom is 0.405 e. The molecular formula is C10H10F4N2O3. The average molecular weight is 282 g/mol. The Hall–Kier alpha value is -1.90. The number of benzene rings is 1. The number of hydrogen-bond donors (Lipinski definition) is 1. The summed E-state index contributed by atoms with van der Waals surface area (Å²) in [5.74, 6) is -0.897. The molecule has 0 aliphatic heterocycles. The SMILES string of the molecule is O=[N+]([O-])c1ccc(F)cc1N(CCO)CC(F)(F)F. The smallest absolute Gasteiger partial charge is 0.395 e. The van der Waals surface area contributed by atoms with E-state index < -0.39 is 48.0 Å². The van der Waals surface area contributed by atoms with E-state index in [1.165, 1.54) is 0 Å². The van der Waals surface area contributed by atoms with Gasteiger partial charge in [0.15, 0.2) is 0 Å². The molecule has 0 saturated carbocycles. The Labute approximate surface area is 105 Å². The van der Waals surface area contributed by atoms with Crippen molar-refractivity contribution in [2.45, 2.75) is 6.18 Å². The van der Waals surface area contributed by atoms with Crippen molar-refractivity contribution in [1.82, 2.24) is 0 Å². The van der Waals surface area contributed by atoms with E-state index in [0.29, 0.717) is 11.0 Å². The zero-order chi connectivity index (χ0) is 14.6. The fourth-order valence-corrected chi connectivity index (χ4v) is 1.53. The Morgan fingerprint density at radius 1 is 1.37 bits per heavy atom. The molecule has 0 bridgehead atoms. The molecule has 0 saturated heterocycles. The highest BCUT2D eigenvalue weighted by Crippen LogP contribution is 2.31. The number of aliphatic hydroxyl groups excluding tert-OH is 1. The predicted molar refractivity (Wildman–Crippen MR) is 58.4 cm³/mol. The third-order valence-electron chi connectivity index (χ3n) is 2.21. The maximum absolute atomic E-state index is 13.1. The molecule has 106 valence electrons. The number of nitrogens with zero attached hydrogens (tertiary/aromatic N) is 2. The van der Waals surface area contributed by atoms with Crippen molar-refractivity contribution < 1.29 is 27.6 Å². The van der Waals surface area contributed by atoms with E-state index in [1.807, 2.05) is 0 Å². The molecule has 0 radical (unpaired) electrons. The highest BCUT2D eigenvalue weighted by molar-refractivity contribution is 5.63. The molecule has 1 rings (SSSR count). The molecule has 0 atom stereocenters. The van der Waals surface area contributed by atoms with Crippen LogP contribution in [0.2, 0.25) is 0 Å². The molecule has 1 N–H and O–H groups in total. The molecule has 0 fully saturated rings. The second kappa shape index (κ2) is 5.83. The first-order valence-corrected chi connectivity index (χ1v) is 5.11. The summed E-state index contributed by atoms with van der Waals surface area (Å²) in [5.41, 5.74) is -1.17. The van der Waals surface area contributed by atoms with Gasteiger partial charge in [0.25, 0.3) is 5.69 Å². The molecule has 9 heteroatoms. The van der Waals surface area contributed by atoms with Crippen LogP contribution in [0, 0.1) is 15.9 Å². The number of aliphatic hydroxyl groups is 1. The number of hydrogen-bond acceptors (Lipinski definition) is 4. The van der Waals surface area contributed by atoms with Crippen LogP contribution in [0.15, 0.2) is 18.2 Å². The molecule has 1 aromatic rings. The van der Waals surface area contributed by atoms with Gasteiger partial charge in [0.05, 0.1) is 11.5 Å². The van der Waals surface area contributed by atoms with Crippen molar-refractivity contribution >= 4 is 11.4 Å². The minimum atomic E-state index is -4.63. The van der Waals surface area contributed by atoms with Gasteiger partial charge in [-0.05, 0) is 6.07 Å². The van der Waals surface area contributed by atoms with Crippen LogP contribution >= 0.6 is 0 Å². The van der Waals surface area contributed by atoms with Crippen molar-refractivity contribution in [3.63, 3.8) is 0 Å². The van der Waals surface area contributed by atoms with Crippen LogP contribution in [0.5, 0.6) is 0 Å². The number of rotatable bonds is 5. The van der Waals surface area contributed by atoms with Crippen LogP contribution in [0.3, 0.4) is 0 Å². The number of alkyl halides is 3. The Kier molecular flexibility index (Phi) is 4.65. The van der Waals surface area contributed by atoms with Gasteiger partial charge < -0.3 is 10.0 Å². The molecule has 0 aliphatic rings. The van der Waals surface area contributed by atoms with E-state index in [4.69, 9.17) is 5.11 Å². The molecule has 0 heterocycles. The molecule has 5 nitrogen and oxygen atoms in total. The number of halogens is 4. The summed E-state index contributed by atoms with van der Waals surface area (Å²) in [6.45, 7) is -2.66. The lowest BCUT2D eigenvalue weighted by molar-refractivity contribution is -0.384. The van der Waals surface area contributed by atoms with Crippen molar-refractivity contribution in [2.75, 3.05) is 24.6 Å². The summed E-state index contributed by atoms with van der Waals surface area (Å²) in [5, 5.41) is 19.4. The first-order chi connectivity index (χ1) is 8.74. The monoisotopic (exact) mass is 282 g/mol. The number of anilines is 1. The Morgan fingerprint density at radius 2 is 2.00 bits per heavy atom. The summed E-state index contributed by atoms with van der Waals surface area (Å²) < 4.78 is 50.1. The van der Waals surface area contributed by atoms with Gasteiger partial charge in [-0.3, -0.25) is 10.1 Å². The van der Waals surface area contributed by atoms with E-state index >= 15 is 0 Å². The van der Waals surface area contributed by atoms with E-state index in [-0.39, 0.29) is 0 Å². The summed E-state index contributed by atoms with van der Waals surface area (Å²) in [7, 11) is 0. The highest BCUT2D eigenvalue weighted by Gasteiger charge is 2.33. The van der Waals surface area contributed by atoms with E-state index in [0.717, 1.165) is 12.1 Å². The third kappa shape index (κ3) is 4.36. The number of nitro groups is 1. The van der Waals surface area contributed by atoms with Gasteiger partial charge in [0, 0.05) is 18.7 Å². The number of nitro benzene ring substituents is 1. The lowest BCUT2D eigenvalue weighted by atomic mass is 10.2. The molecule has 0 amide bonds. The van der Waals surface area contributed by atoms with Gasteiger partial charge in [-0.25, -0.2) is 4.39 Å². The van der Waals surface area contributed by atoms with E-state index in [2.05, 4.69) is 0 Å². The molecule has 0 spiro atoms. The van der Waals surface area contributed by atoms with Crippen LogP contribution in [-0.4, -0.2) is 35.9 Å². The fourth-order valence-electron chi connectivity index (χ4n) is 1.53. The van der Waals surface area contributed by atoms with Crippen LogP contribution in [0.1, 0.15) is 0 Å². The molecule has 1 aromatic carbocycles. The minimum Gasteiger partial charge on any atom is -0.395 e. The van der Waals surface area contributed by atoms with Gasteiger partial charge >= 0.3 is 6.18 Å². The van der Waals surface area contributed by atoms with E-state index in [9.17, 15) is 27.7 Å². The Bertz CT molecular complexity index is 465. The zero-order valence-electron chi connectivity index (χ0n) is 9.52. The third-order valence-corrected chi connectivity index (χ3v) is 2.21. The lowest BCUT2D eigenvalue weighted by Gasteiger charge is -2.24. The van der Waals surface area contributed by atoms with Crippen molar-refractivity contribution in [1.29, 1.82) is 0 Å². The summed E-state index contributed by atoms with van der Waals surface area (Å²) in [6, 6.07) is 2.21. The topological polar surface area (TPSA) is 66.6 Å². The highest BCUT2D eigenvalue weighted by atomic mass is 19.4. The molecule has 0 aliphatic carbocycles. The van der Waals surface area contributed by atoms with Gasteiger partial charge in [-0.1, -0.05) is 0 Å². The van der Waals surface area contributed by atoms with E-state index in [1.54, 1.807) is 0 Å². The quantitative estimate of drug-likeness (QED) is 0.510. The maximum atomic E-state index is 13.1. The van der Waals surface area contributed by atoms with Crippen LogP contribution in [0.4, 0.5) is 28.9 Å². The zero-order valence-corrected chi connectivity index (χ0v) is 9.52. The Morgan fingerprint density at radius 3 is 2.47 bits per heavy atom. The summed E-state index contributed by atoms with van der Waals surface area (Å²) >= 11 is 0. The second-order valence-electron chi connectivity index (χ2n) is 3.65. The van der Waals surface area contributed by atoms with Crippen molar-refractivity contribution in [2.24, 2.45) is 0 Å². The first kappa shape index (κ1) is 15.2. The largest absolute Gasteiger partial charge is 0.405 e. The van der Waals surface area contributed by atoms with Gasteiger partial charge in [0.2, 0.25) is 0 Å². The fraction of sp³-hybridized carbons (Fsp3) is 0.400. The normalized spacial score (nSPS) is 11.4. The van der Waals surface area contributed by atoms with Crippen LogP contribution in [-0.2, 0) is 0 Å². The molecule has 19 heavy (non-hydrogen) atoms. The minimum absolute atomic E-state index is 0.496.